The predicted molar refractivity (Wildman–Crippen MR) is 107 cm³/mol. The molecule has 0 bridgehead atoms. The summed E-state index contributed by atoms with van der Waals surface area (Å²) in [5, 5.41) is 13.0. The summed E-state index contributed by atoms with van der Waals surface area (Å²) in [7, 11) is 1.33. The number of methoxy groups -OCH3 is 1. The quantitative estimate of drug-likeness (QED) is 0.358. The van der Waals surface area contributed by atoms with Crippen molar-refractivity contribution in [3.63, 3.8) is 0 Å². The van der Waals surface area contributed by atoms with E-state index in [1.165, 1.54) is 7.11 Å². The zero-order valence-electron chi connectivity index (χ0n) is 15.9. The number of benzene rings is 2. The van der Waals surface area contributed by atoms with Crippen molar-refractivity contribution >= 4 is 29.1 Å². The zero-order valence-corrected chi connectivity index (χ0v) is 15.9. The number of oxime groups is 1. The first kappa shape index (κ1) is 19.4. The molecule has 0 spiro atoms. The molecule has 1 unspecified atom stereocenters. The highest BCUT2D eigenvalue weighted by molar-refractivity contribution is 6.15. The van der Waals surface area contributed by atoms with Crippen molar-refractivity contribution in [3.8, 4) is 0 Å². The van der Waals surface area contributed by atoms with Gasteiger partial charge in [0.25, 0.3) is 0 Å². The van der Waals surface area contributed by atoms with Crippen molar-refractivity contribution in [3.05, 3.63) is 60.7 Å². The van der Waals surface area contributed by atoms with E-state index in [4.69, 9.17) is 4.74 Å². The van der Waals surface area contributed by atoms with Crippen molar-refractivity contribution in [2.45, 2.75) is 25.3 Å². The highest BCUT2D eigenvalue weighted by atomic mass is 16.5. The van der Waals surface area contributed by atoms with E-state index in [0.29, 0.717) is 11.4 Å². The number of hydrogen-bond acceptors (Lipinski definition) is 5. The van der Waals surface area contributed by atoms with Gasteiger partial charge >= 0.3 is 12.0 Å². The lowest BCUT2D eigenvalue weighted by molar-refractivity contribution is -0.140. The molecule has 28 heavy (non-hydrogen) atoms. The molecule has 1 atom stereocenters. The Bertz CT molecular complexity index is 870. The lowest BCUT2D eigenvalue weighted by atomic mass is 9.87. The minimum absolute atomic E-state index is 0.0859. The minimum atomic E-state index is -0.989. The second kappa shape index (κ2) is 8.12. The second-order valence-electron chi connectivity index (χ2n) is 6.67. The number of anilines is 2. The highest BCUT2D eigenvalue weighted by Gasteiger charge is 2.53. The SMILES string of the molecule is COC(=O)CCC1(C(C)=NO)CN(c2ccccc2)C(=O)N1c1ccccc1. The largest absolute Gasteiger partial charge is 0.469 e. The Kier molecular flexibility index (Phi) is 5.63. The number of esters is 1. The van der Waals surface area contributed by atoms with Gasteiger partial charge in [-0.15, -0.1) is 0 Å². The van der Waals surface area contributed by atoms with Gasteiger partial charge in [-0.2, -0.15) is 0 Å². The van der Waals surface area contributed by atoms with Gasteiger partial charge < -0.3 is 9.94 Å². The molecule has 1 heterocycles. The van der Waals surface area contributed by atoms with E-state index in [9.17, 15) is 14.8 Å². The van der Waals surface area contributed by atoms with Crippen LogP contribution in [0.1, 0.15) is 19.8 Å². The van der Waals surface area contributed by atoms with Crippen molar-refractivity contribution in [1.29, 1.82) is 0 Å². The number of nitrogens with zero attached hydrogens (tertiary/aromatic N) is 3. The Morgan fingerprint density at radius 1 is 1.11 bits per heavy atom. The number of para-hydroxylation sites is 2. The Morgan fingerprint density at radius 3 is 2.21 bits per heavy atom. The summed E-state index contributed by atoms with van der Waals surface area (Å²) < 4.78 is 4.79. The van der Waals surface area contributed by atoms with E-state index in [1.54, 1.807) is 16.7 Å². The maximum Gasteiger partial charge on any atom is 0.329 e. The van der Waals surface area contributed by atoms with Crippen LogP contribution >= 0.6 is 0 Å². The molecule has 1 saturated heterocycles. The van der Waals surface area contributed by atoms with Crippen LogP contribution in [0.4, 0.5) is 16.2 Å². The summed E-state index contributed by atoms with van der Waals surface area (Å²) in [6.07, 6.45) is 0.349. The van der Waals surface area contributed by atoms with Crippen LogP contribution in [0.3, 0.4) is 0 Å². The molecule has 2 aromatic carbocycles. The van der Waals surface area contributed by atoms with Crippen LogP contribution in [0.5, 0.6) is 0 Å². The van der Waals surface area contributed by atoms with Crippen LogP contribution in [0.2, 0.25) is 0 Å². The van der Waals surface area contributed by atoms with Crippen molar-refractivity contribution < 1.29 is 19.5 Å². The van der Waals surface area contributed by atoms with E-state index < -0.39 is 5.54 Å². The molecular formula is C21H23N3O4. The molecule has 1 N–H and O–H groups in total. The van der Waals surface area contributed by atoms with Gasteiger partial charge in [0, 0.05) is 17.8 Å². The predicted octanol–water partition coefficient (Wildman–Crippen LogP) is 3.68. The molecule has 7 heteroatoms. The van der Waals surface area contributed by atoms with E-state index in [-0.39, 0.29) is 31.4 Å². The monoisotopic (exact) mass is 381 g/mol. The number of amides is 2. The number of carbonyl (C=O) groups excluding carboxylic acids is 2. The molecule has 0 saturated carbocycles. The summed E-state index contributed by atoms with van der Waals surface area (Å²) in [5.41, 5.74) is 0.766. The summed E-state index contributed by atoms with van der Waals surface area (Å²) in [6, 6.07) is 18.2. The van der Waals surface area contributed by atoms with Crippen LogP contribution in [0, 0.1) is 0 Å². The molecule has 7 nitrogen and oxygen atoms in total. The van der Waals surface area contributed by atoms with Gasteiger partial charge in [0.2, 0.25) is 0 Å². The molecule has 0 radical (unpaired) electrons. The number of rotatable bonds is 6. The standard InChI is InChI=1S/C21H23N3O4/c1-16(22-27)21(14-13-19(25)28-2)15-23(17-9-5-3-6-10-17)20(26)24(21)18-11-7-4-8-12-18/h3-12,27H,13-15H2,1-2H3. The van der Waals surface area contributed by atoms with Crippen LogP contribution < -0.4 is 9.80 Å². The molecule has 1 fully saturated rings. The van der Waals surface area contributed by atoms with Crippen LogP contribution in [-0.2, 0) is 9.53 Å². The van der Waals surface area contributed by atoms with Crippen molar-refractivity contribution in [2.24, 2.45) is 5.16 Å². The van der Waals surface area contributed by atoms with Gasteiger partial charge in [-0.25, -0.2) is 4.79 Å². The van der Waals surface area contributed by atoms with Crippen molar-refractivity contribution in [1.82, 2.24) is 0 Å². The zero-order chi connectivity index (χ0) is 20.1. The molecule has 3 rings (SSSR count). The number of urea groups is 1. The van der Waals surface area contributed by atoms with Crippen molar-refractivity contribution in [2.75, 3.05) is 23.5 Å². The van der Waals surface area contributed by atoms with Crippen LogP contribution in [0.25, 0.3) is 0 Å². The molecule has 1 aliphatic heterocycles. The van der Waals surface area contributed by atoms with Gasteiger partial charge in [0.1, 0.15) is 5.54 Å². The fourth-order valence-corrected chi connectivity index (χ4v) is 3.60. The summed E-state index contributed by atoms with van der Waals surface area (Å²) in [5.74, 6) is -0.385. The highest BCUT2D eigenvalue weighted by Crippen LogP contribution is 2.39. The maximum absolute atomic E-state index is 13.5. The Balaban J connectivity index is 2.11. The average molecular weight is 381 g/mol. The maximum atomic E-state index is 13.5. The van der Waals surface area contributed by atoms with E-state index in [0.717, 1.165) is 5.69 Å². The van der Waals surface area contributed by atoms with Gasteiger partial charge in [0.05, 0.1) is 19.4 Å². The molecule has 1 aliphatic rings. The Labute approximate surface area is 163 Å². The third kappa shape index (κ3) is 3.43. The fraction of sp³-hybridized carbons (Fsp3) is 0.286. The Morgan fingerprint density at radius 2 is 1.68 bits per heavy atom. The third-order valence-corrected chi connectivity index (χ3v) is 5.15. The molecule has 0 aromatic heterocycles. The third-order valence-electron chi connectivity index (χ3n) is 5.15. The molecule has 0 aliphatic carbocycles. The molecule has 146 valence electrons. The first-order valence-corrected chi connectivity index (χ1v) is 9.01. The smallest absolute Gasteiger partial charge is 0.329 e. The van der Waals surface area contributed by atoms with Gasteiger partial charge in [-0.1, -0.05) is 41.6 Å². The minimum Gasteiger partial charge on any atom is -0.469 e. The topological polar surface area (TPSA) is 82.4 Å². The van der Waals surface area contributed by atoms with E-state index >= 15 is 0 Å². The van der Waals surface area contributed by atoms with Gasteiger partial charge in [0.15, 0.2) is 0 Å². The molecular weight excluding hydrogens is 358 g/mol. The lowest BCUT2D eigenvalue weighted by Gasteiger charge is -2.36. The molecule has 2 amide bonds. The lowest BCUT2D eigenvalue weighted by Crippen LogP contribution is -2.53. The number of hydrogen-bond donors (Lipinski definition) is 1. The fourth-order valence-electron chi connectivity index (χ4n) is 3.60. The number of carbonyl (C=O) groups is 2. The summed E-state index contributed by atoms with van der Waals surface area (Å²) in [4.78, 5) is 28.6. The van der Waals surface area contributed by atoms with E-state index in [2.05, 4.69) is 5.16 Å². The summed E-state index contributed by atoms with van der Waals surface area (Å²) >= 11 is 0. The van der Waals surface area contributed by atoms with Gasteiger partial charge in [-0.3, -0.25) is 14.6 Å². The number of ether oxygens (including phenoxy) is 1. The van der Waals surface area contributed by atoms with Crippen LogP contribution in [-0.4, -0.2) is 42.1 Å². The molecule has 2 aromatic rings. The first-order valence-electron chi connectivity index (χ1n) is 9.01. The Hall–Kier alpha value is -3.35. The van der Waals surface area contributed by atoms with E-state index in [1.807, 2.05) is 60.7 Å². The van der Waals surface area contributed by atoms with Gasteiger partial charge in [-0.05, 0) is 37.6 Å². The van der Waals surface area contributed by atoms with Crippen LogP contribution in [0.15, 0.2) is 65.8 Å². The second-order valence-corrected chi connectivity index (χ2v) is 6.67. The summed E-state index contributed by atoms with van der Waals surface area (Å²) in [6.45, 7) is 1.91. The normalized spacial score (nSPS) is 19.8. The average Bonchev–Trinajstić information content (AvgIpc) is 3.05. The first-order chi connectivity index (χ1) is 13.5.